The number of unbranched alkanes of at least 4 members (excludes halogenated alkanes) is 2. The van der Waals surface area contributed by atoms with E-state index in [9.17, 15) is 9.59 Å². The predicted molar refractivity (Wildman–Crippen MR) is 118 cm³/mol. The van der Waals surface area contributed by atoms with Crippen LogP contribution >= 0.6 is 0 Å². The van der Waals surface area contributed by atoms with Crippen molar-refractivity contribution in [3.63, 3.8) is 0 Å². The Bertz CT molecular complexity index is 535. The molecular formula is C22H41N5O2. The number of piperazine rings is 1. The van der Waals surface area contributed by atoms with Gasteiger partial charge in [-0.05, 0) is 31.6 Å². The molecular weight excluding hydrogens is 366 g/mol. The fraction of sp³-hybridized carbons (Fsp3) is 0.864. The Morgan fingerprint density at radius 2 is 1.59 bits per heavy atom. The number of carbonyl (C=O) groups is 2. The standard InChI is InChI=1S/C22H41N5O2/c1-18(2)17-21(29)27-15-13-26(14-16-27)20(28)11-5-4-8-12-24-22(23-3)25-19-9-6-7-10-19/h18-19H,4-17H2,1-3H3,(H2,23,24,25). The van der Waals surface area contributed by atoms with Gasteiger partial charge in [-0.3, -0.25) is 14.6 Å². The average molecular weight is 408 g/mol. The summed E-state index contributed by atoms with van der Waals surface area (Å²) in [4.78, 5) is 32.7. The van der Waals surface area contributed by atoms with Crippen LogP contribution in [-0.4, -0.2) is 73.4 Å². The summed E-state index contributed by atoms with van der Waals surface area (Å²) >= 11 is 0. The molecule has 2 amide bonds. The van der Waals surface area contributed by atoms with Crippen LogP contribution in [0.4, 0.5) is 0 Å². The Kier molecular flexibility index (Phi) is 10.3. The monoisotopic (exact) mass is 407 g/mol. The second-order valence-electron chi connectivity index (χ2n) is 8.79. The van der Waals surface area contributed by atoms with Gasteiger partial charge in [-0.1, -0.05) is 33.1 Å². The number of nitrogens with zero attached hydrogens (tertiary/aromatic N) is 3. The third kappa shape index (κ3) is 8.62. The van der Waals surface area contributed by atoms with Crippen LogP contribution in [0.1, 0.15) is 71.6 Å². The highest BCUT2D eigenvalue weighted by Crippen LogP contribution is 2.17. The van der Waals surface area contributed by atoms with E-state index >= 15 is 0 Å². The first kappa shape index (κ1) is 23.5. The maximum absolute atomic E-state index is 12.4. The number of hydrogen-bond donors (Lipinski definition) is 2. The Morgan fingerprint density at radius 3 is 2.17 bits per heavy atom. The van der Waals surface area contributed by atoms with E-state index in [1.165, 1.54) is 25.7 Å². The number of carbonyl (C=O) groups excluding carboxylic acids is 2. The van der Waals surface area contributed by atoms with Gasteiger partial charge in [0.15, 0.2) is 5.96 Å². The van der Waals surface area contributed by atoms with Crippen molar-refractivity contribution >= 4 is 17.8 Å². The van der Waals surface area contributed by atoms with Gasteiger partial charge in [-0.2, -0.15) is 0 Å². The van der Waals surface area contributed by atoms with Crippen LogP contribution in [0.2, 0.25) is 0 Å². The highest BCUT2D eigenvalue weighted by molar-refractivity contribution is 5.80. The van der Waals surface area contributed by atoms with Crippen molar-refractivity contribution in [2.24, 2.45) is 10.9 Å². The van der Waals surface area contributed by atoms with E-state index in [0.717, 1.165) is 31.8 Å². The lowest BCUT2D eigenvalue weighted by atomic mass is 10.1. The fourth-order valence-corrected chi connectivity index (χ4v) is 4.08. The van der Waals surface area contributed by atoms with Gasteiger partial charge >= 0.3 is 0 Å². The summed E-state index contributed by atoms with van der Waals surface area (Å²) < 4.78 is 0. The average Bonchev–Trinajstić information content (AvgIpc) is 3.22. The van der Waals surface area contributed by atoms with Gasteiger partial charge in [0.1, 0.15) is 0 Å². The quantitative estimate of drug-likeness (QED) is 0.349. The van der Waals surface area contributed by atoms with E-state index in [0.29, 0.717) is 51.0 Å². The van der Waals surface area contributed by atoms with Crippen LogP contribution in [0.15, 0.2) is 4.99 Å². The van der Waals surface area contributed by atoms with E-state index in [1.54, 1.807) is 0 Å². The summed E-state index contributed by atoms with van der Waals surface area (Å²) in [7, 11) is 1.82. The first-order valence-electron chi connectivity index (χ1n) is 11.5. The van der Waals surface area contributed by atoms with E-state index in [-0.39, 0.29) is 11.8 Å². The fourth-order valence-electron chi connectivity index (χ4n) is 4.08. The molecule has 1 saturated carbocycles. The second kappa shape index (κ2) is 12.7. The number of hydrogen-bond acceptors (Lipinski definition) is 3. The van der Waals surface area contributed by atoms with E-state index in [4.69, 9.17) is 0 Å². The highest BCUT2D eigenvalue weighted by atomic mass is 16.2. The van der Waals surface area contributed by atoms with Crippen molar-refractivity contribution in [2.45, 2.75) is 77.7 Å². The van der Waals surface area contributed by atoms with Crippen molar-refractivity contribution in [3.8, 4) is 0 Å². The highest BCUT2D eigenvalue weighted by Gasteiger charge is 2.24. The molecule has 1 heterocycles. The zero-order valence-corrected chi connectivity index (χ0v) is 18.7. The van der Waals surface area contributed by atoms with Gasteiger partial charge in [0.25, 0.3) is 0 Å². The van der Waals surface area contributed by atoms with E-state index in [1.807, 2.05) is 16.8 Å². The molecule has 0 aromatic heterocycles. The van der Waals surface area contributed by atoms with Crippen molar-refractivity contribution in [2.75, 3.05) is 39.8 Å². The molecule has 2 N–H and O–H groups in total. The Morgan fingerprint density at radius 1 is 0.966 bits per heavy atom. The largest absolute Gasteiger partial charge is 0.356 e. The summed E-state index contributed by atoms with van der Waals surface area (Å²) in [5.41, 5.74) is 0. The maximum atomic E-state index is 12.4. The Hall–Kier alpha value is -1.79. The maximum Gasteiger partial charge on any atom is 0.222 e. The summed E-state index contributed by atoms with van der Waals surface area (Å²) in [6.07, 6.45) is 9.30. The van der Waals surface area contributed by atoms with Crippen LogP contribution in [0.3, 0.4) is 0 Å². The molecule has 2 rings (SSSR count). The summed E-state index contributed by atoms with van der Waals surface area (Å²) in [6.45, 7) is 7.71. The molecule has 29 heavy (non-hydrogen) atoms. The first-order chi connectivity index (χ1) is 14.0. The smallest absolute Gasteiger partial charge is 0.222 e. The van der Waals surface area contributed by atoms with E-state index in [2.05, 4.69) is 29.5 Å². The molecule has 2 aliphatic rings. The molecule has 7 nitrogen and oxygen atoms in total. The molecule has 0 aromatic rings. The lowest BCUT2D eigenvalue weighted by Gasteiger charge is -2.35. The minimum atomic E-state index is 0.219. The lowest BCUT2D eigenvalue weighted by molar-refractivity contribution is -0.140. The van der Waals surface area contributed by atoms with Gasteiger partial charge in [-0.25, -0.2) is 0 Å². The normalized spacial score (nSPS) is 18.4. The van der Waals surface area contributed by atoms with Gasteiger partial charge in [0.05, 0.1) is 0 Å². The molecule has 1 saturated heterocycles. The molecule has 1 aliphatic heterocycles. The minimum absolute atomic E-state index is 0.219. The molecule has 0 radical (unpaired) electrons. The SMILES string of the molecule is CN=C(NCCCCCC(=O)N1CCN(C(=O)CC(C)C)CC1)NC1CCCC1. The predicted octanol–water partition coefficient (Wildman–Crippen LogP) is 2.37. The van der Waals surface area contributed by atoms with Crippen LogP contribution in [0.5, 0.6) is 0 Å². The van der Waals surface area contributed by atoms with Crippen LogP contribution in [-0.2, 0) is 9.59 Å². The lowest BCUT2D eigenvalue weighted by Crippen LogP contribution is -2.50. The van der Waals surface area contributed by atoms with Gasteiger partial charge in [-0.15, -0.1) is 0 Å². The van der Waals surface area contributed by atoms with Crippen molar-refractivity contribution < 1.29 is 9.59 Å². The number of aliphatic imine (C=N–C) groups is 1. The van der Waals surface area contributed by atoms with E-state index < -0.39 is 0 Å². The van der Waals surface area contributed by atoms with Crippen LogP contribution in [0, 0.1) is 5.92 Å². The molecule has 0 bridgehead atoms. The van der Waals surface area contributed by atoms with Gasteiger partial charge in [0.2, 0.25) is 11.8 Å². The molecule has 1 aliphatic carbocycles. The van der Waals surface area contributed by atoms with Crippen molar-refractivity contribution in [3.05, 3.63) is 0 Å². The summed E-state index contributed by atoms with van der Waals surface area (Å²) in [5, 5.41) is 6.87. The third-order valence-electron chi connectivity index (χ3n) is 5.85. The molecule has 2 fully saturated rings. The minimum Gasteiger partial charge on any atom is -0.356 e. The second-order valence-corrected chi connectivity index (χ2v) is 8.79. The number of guanidine groups is 1. The topological polar surface area (TPSA) is 77.0 Å². The third-order valence-corrected chi connectivity index (χ3v) is 5.85. The van der Waals surface area contributed by atoms with Gasteiger partial charge in [0, 0.05) is 58.7 Å². The molecule has 0 spiro atoms. The first-order valence-corrected chi connectivity index (χ1v) is 11.5. The number of amides is 2. The molecule has 0 unspecified atom stereocenters. The van der Waals surface area contributed by atoms with Crippen LogP contribution in [0.25, 0.3) is 0 Å². The van der Waals surface area contributed by atoms with Crippen LogP contribution < -0.4 is 10.6 Å². The van der Waals surface area contributed by atoms with Gasteiger partial charge < -0.3 is 20.4 Å². The Balaban J connectivity index is 1.52. The summed E-state index contributed by atoms with van der Waals surface area (Å²) in [6, 6.07) is 0.569. The molecule has 7 heteroatoms. The van der Waals surface area contributed by atoms with Crippen molar-refractivity contribution in [1.29, 1.82) is 0 Å². The Labute approximate surface area is 176 Å². The molecule has 166 valence electrons. The number of rotatable bonds is 9. The zero-order chi connectivity index (χ0) is 21.1. The van der Waals surface area contributed by atoms with Crippen molar-refractivity contribution in [1.82, 2.24) is 20.4 Å². The zero-order valence-electron chi connectivity index (χ0n) is 18.7. The summed E-state index contributed by atoms with van der Waals surface area (Å²) in [5.74, 6) is 1.73. The number of nitrogens with one attached hydrogen (secondary N) is 2. The molecule has 0 atom stereocenters. The molecule has 0 aromatic carbocycles.